The second kappa shape index (κ2) is 3.17. The number of hydrogen-bond donors (Lipinski definition) is 1. The van der Waals surface area contributed by atoms with Crippen molar-refractivity contribution in [2.75, 3.05) is 6.54 Å². The van der Waals surface area contributed by atoms with Gasteiger partial charge in [-0.05, 0) is 39.6 Å². The van der Waals surface area contributed by atoms with Gasteiger partial charge in [-0.15, -0.1) is 0 Å². The summed E-state index contributed by atoms with van der Waals surface area (Å²) in [6.45, 7) is 1.15. The molecular weight excluding hydrogens is 240 g/mol. The standard InChI is InChI=1S/C11H11BrN2/c12-11-2-1-7(5-14-11)8-3-9-6-13-10(9)4-8/h1-3,5,9-10,13H,4,6H2/t9-,10-/m1/s1. The molecule has 0 spiro atoms. The van der Waals surface area contributed by atoms with E-state index in [0.717, 1.165) is 23.5 Å². The van der Waals surface area contributed by atoms with Crippen molar-refractivity contribution in [3.8, 4) is 0 Å². The molecule has 1 aliphatic heterocycles. The van der Waals surface area contributed by atoms with Gasteiger partial charge in [0.15, 0.2) is 0 Å². The summed E-state index contributed by atoms with van der Waals surface area (Å²) in [6, 6.07) is 4.84. The lowest BCUT2D eigenvalue weighted by Gasteiger charge is -2.31. The van der Waals surface area contributed by atoms with Crippen molar-refractivity contribution in [3.05, 3.63) is 34.6 Å². The second-order valence-corrected chi connectivity index (χ2v) is 4.76. The van der Waals surface area contributed by atoms with Crippen LogP contribution in [0, 0.1) is 5.92 Å². The lowest BCUT2D eigenvalue weighted by atomic mass is 9.95. The lowest BCUT2D eigenvalue weighted by molar-refractivity contribution is 0.306. The lowest BCUT2D eigenvalue weighted by Crippen LogP contribution is -2.49. The molecule has 0 unspecified atom stereocenters. The number of halogens is 1. The summed E-state index contributed by atoms with van der Waals surface area (Å²) in [6.07, 6.45) is 5.50. The Labute approximate surface area is 91.6 Å². The number of hydrogen-bond acceptors (Lipinski definition) is 2. The number of nitrogens with one attached hydrogen (secondary N) is 1. The molecule has 2 nitrogen and oxygen atoms in total. The molecule has 0 amide bonds. The zero-order valence-corrected chi connectivity index (χ0v) is 9.29. The Morgan fingerprint density at radius 2 is 2.36 bits per heavy atom. The summed E-state index contributed by atoms with van der Waals surface area (Å²) < 4.78 is 0.904. The van der Waals surface area contributed by atoms with Gasteiger partial charge in [0.1, 0.15) is 4.60 Å². The van der Waals surface area contributed by atoms with Crippen molar-refractivity contribution < 1.29 is 0 Å². The highest BCUT2D eigenvalue weighted by Gasteiger charge is 2.34. The van der Waals surface area contributed by atoms with Crippen LogP contribution in [-0.2, 0) is 0 Å². The van der Waals surface area contributed by atoms with E-state index in [1.54, 1.807) is 0 Å². The van der Waals surface area contributed by atoms with Gasteiger partial charge < -0.3 is 5.32 Å². The third kappa shape index (κ3) is 1.31. The van der Waals surface area contributed by atoms with Crippen LogP contribution < -0.4 is 5.32 Å². The molecular formula is C11H11BrN2. The van der Waals surface area contributed by atoms with Crippen molar-refractivity contribution in [1.82, 2.24) is 10.3 Å². The fourth-order valence-corrected chi connectivity index (χ4v) is 2.40. The first kappa shape index (κ1) is 8.62. The Morgan fingerprint density at radius 3 is 2.86 bits per heavy atom. The van der Waals surface area contributed by atoms with Gasteiger partial charge in [0.2, 0.25) is 0 Å². The smallest absolute Gasteiger partial charge is 0.106 e. The molecule has 0 aromatic carbocycles. The zero-order valence-electron chi connectivity index (χ0n) is 7.70. The zero-order chi connectivity index (χ0) is 9.54. The van der Waals surface area contributed by atoms with Crippen LogP contribution >= 0.6 is 15.9 Å². The van der Waals surface area contributed by atoms with Gasteiger partial charge in [-0.1, -0.05) is 12.1 Å². The minimum Gasteiger partial charge on any atom is -0.312 e. The molecule has 3 rings (SSSR count). The highest BCUT2D eigenvalue weighted by molar-refractivity contribution is 9.10. The van der Waals surface area contributed by atoms with E-state index in [2.05, 4.69) is 38.4 Å². The molecule has 72 valence electrons. The SMILES string of the molecule is Brc1ccc(C2=C[C@@H]3CN[C@@H]3C2)cn1. The highest BCUT2D eigenvalue weighted by Crippen LogP contribution is 2.35. The van der Waals surface area contributed by atoms with Crippen LogP contribution in [0.15, 0.2) is 29.0 Å². The van der Waals surface area contributed by atoms with Crippen LogP contribution in [0.3, 0.4) is 0 Å². The Hall–Kier alpha value is -0.670. The van der Waals surface area contributed by atoms with Gasteiger partial charge in [0.05, 0.1) is 0 Å². The molecule has 1 aliphatic carbocycles. The average molecular weight is 251 g/mol. The van der Waals surface area contributed by atoms with Crippen molar-refractivity contribution in [2.45, 2.75) is 12.5 Å². The van der Waals surface area contributed by atoms with E-state index in [1.807, 2.05) is 12.3 Å². The third-order valence-corrected chi connectivity index (χ3v) is 3.55. The molecule has 1 N–H and O–H groups in total. The Morgan fingerprint density at radius 1 is 1.43 bits per heavy atom. The number of nitrogens with zero attached hydrogens (tertiary/aromatic N) is 1. The van der Waals surface area contributed by atoms with Crippen molar-refractivity contribution in [2.24, 2.45) is 5.92 Å². The molecule has 1 aromatic heterocycles. The van der Waals surface area contributed by atoms with E-state index in [1.165, 1.54) is 11.1 Å². The summed E-state index contributed by atoms with van der Waals surface area (Å²) >= 11 is 3.35. The average Bonchev–Trinajstić information content (AvgIpc) is 2.45. The fraction of sp³-hybridized carbons (Fsp3) is 0.364. The Kier molecular flexibility index (Phi) is 1.96. The molecule has 2 aliphatic rings. The van der Waals surface area contributed by atoms with E-state index in [0.29, 0.717) is 6.04 Å². The van der Waals surface area contributed by atoms with E-state index in [-0.39, 0.29) is 0 Å². The largest absolute Gasteiger partial charge is 0.312 e. The number of pyridine rings is 1. The van der Waals surface area contributed by atoms with Crippen molar-refractivity contribution >= 4 is 21.5 Å². The van der Waals surface area contributed by atoms with Crippen LogP contribution in [-0.4, -0.2) is 17.6 Å². The number of rotatable bonds is 1. The molecule has 0 saturated carbocycles. The van der Waals surface area contributed by atoms with E-state index >= 15 is 0 Å². The minimum absolute atomic E-state index is 0.702. The van der Waals surface area contributed by atoms with Gasteiger partial charge in [-0.2, -0.15) is 0 Å². The third-order valence-electron chi connectivity index (χ3n) is 3.09. The predicted molar refractivity (Wildman–Crippen MR) is 59.8 cm³/mol. The highest BCUT2D eigenvalue weighted by atomic mass is 79.9. The molecule has 14 heavy (non-hydrogen) atoms. The maximum atomic E-state index is 4.25. The van der Waals surface area contributed by atoms with Gasteiger partial charge in [0, 0.05) is 24.7 Å². The van der Waals surface area contributed by atoms with Gasteiger partial charge in [-0.25, -0.2) is 4.98 Å². The van der Waals surface area contributed by atoms with Crippen LogP contribution in [0.2, 0.25) is 0 Å². The molecule has 0 radical (unpaired) electrons. The quantitative estimate of drug-likeness (QED) is 0.774. The first-order valence-corrected chi connectivity index (χ1v) is 5.68. The van der Waals surface area contributed by atoms with Crippen LogP contribution in [0.4, 0.5) is 0 Å². The van der Waals surface area contributed by atoms with Crippen LogP contribution in [0.1, 0.15) is 12.0 Å². The number of fused-ring (bicyclic) bond motifs is 1. The topological polar surface area (TPSA) is 24.9 Å². The Balaban J connectivity index is 1.89. The normalized spacial score (nSPS) is 29.4. The molecule has 2 atom stereocenters. The summed E-state index contributed by atoms with van der Waals surface area (Å²) in [5.74, 6) is 0.772. The molecule has 1 fully saturated rings. The summed E-state index contributed by atoms with van der Waals surface area (Å²) in [4.78, 5) is 4.25. The maximum absolute atomic E-state index is 4.25. The van der Waals surface area contributed by atoms with Crippen LogP contribution in [0.5, 0.6) is 0 Å². The maximum Gasteiger partial charge on any atom is 0.106 e. The van der Waals surface area contributed by atoms with Gasteiger partial charge in [-0.3, -0.25) is 0 Å². The first-order chi connectivity index (χ1) is 6.83. The summed E-state index contributed by atoms with van der Waals surface area (Å²) in [7, 11) is 0. The molecule has 1 aromatic rings. The summed E-state index contributed by atoms with van der Waals surface area (Å²) in [5, 5.41) is 3.44. The molecule has 3 heteroatoms. The van der Waals surface area contributed by atoms with Gasteiger partial charge in [0.25, 0.3) is 0 Å². The van der Waals surface area contributed by atoms with Crippen molar-refractivity contribution in [3.63, 3.8) is 0 Å². The molecule has 0 bridgehead atoms. The second-order valence-electron chi connectivity index (χ2n) is 3.94. The first-order valence-electron chi connectivity index (χ1n) is 4.89. The minimum atomic E-state index is 0.702. The van der Waals surface area contributed by atoms with Crippen molar-refractivity contribution in [1.29, 1.82) is 0 Å². The molecule has 1 saturated heterocycles. The van der Waals surface area contributed by atoms with E-state index < -0.39 is 0 Å². The predicted octanol–water partition coefficient (Wildman–Crippen LogP) is 2.22. The fourth-order valence-electron chi connectivity index (χ4n) is 2.16. The van der Waals surface area contributed by atoms with Crippen LogP contribution in [0.25, 0.3) is 5.57 Å². The van der Waals surface area contributed by atoms with Gasteiger partial charge >= 0.3 is 0 Å². The van der Waals surface area contributed by atoms with E-state index in [4.69, 9.17) is 0 Å². The Bertz CT molecular complexity index is 383. The van der Waals surface area contributed by atoms with E-state index in [9.17, 15) is 0 Å². The number of aromatic nitrogens is 1. The molecule has 2 heterocycles. The monoisotopic (exact) mass is 250 g/mol. The summed E-state index contributed by atoms with van der Waals surface area (Å²) in [5.41, 5.74) is 2.72.